The van der Waals surface area contributed by atoms with Gasteiger partial charge in [-0.05, 0) is 55.5 Å². The number of nitrogens with zero attached hydrogens (tertiary/aromatic N) is 2. The largest absolute Gasteiger partial charge is 0.381 e. The molecule has 2 fully saturated rings. The lowest BCUT2D eigenvalue weighted by Gasteiger charge is -2.40. The van der Waals surface area contributed by atoms with E-state index in [1.807, 2.05) is 12.3 Å². The van der Waals surface area contributed by atoms with Crippen LogP contribution in [0.4, 0.5) is 0 Å². The summed E-state index contributed by atoms with van der Waals surface area (Å²) >= 11 is 0. The van der Waals surface area contributed by atoms with Crippen LogP contribution in [0.25, 0.3) is 10.9 Å². The highest BCUT2D eigenvalue weighted by Crippen LogP contribution is 2.37. The Balaban J connectivity index is 1.37. The minimum absolute atomic E-state index is 0.230. The highest BCUT2D eigenvalue weighted by atomic mass is 16.5. The van der Waals surface area contributed by atoms with Crippen molar-refractivity contribution < 1.29 is 14.3 Å². The molecule has 1 amide bonds. The van der Waals surface area contributed by atoms with E-state index in [2.05, 4.69) is 65.3 Å². The lowest BCUT2D eigenvalue weighted by Crippen LogP contribution is -2.51. The molecule has 5 rings (SSSR count). The van der Waals surface area contributed by atoms with E-state index in [-0.39, 0.29) is 11.8 Å². The average molecular weight is 445 g/mol. The van der Waals surface area contributed by atoms with Crippen molar-refractivity contribution in [3.8, 4) is 0 Å². The number of fused-ring (bicyclic) bond motifs is 1. The van der Waals surface area contributed by atoms with Crippen LogP contribution in [-0.4, -0.2) is 55.3 Å². The first-order valence-corrected chi connectivity index (χ1v) is 12.0. The molecule has 0 radical (unpaired) electrons. The minimum Gasteiger partial charge on any atom is -0.381 e. The predicted octanol–water partition coefficient (Wildman–Crippen LogP) is 4.31. The first-order valence-electron chi connectivity index (χ1n) is 12.0. The SMILES string of the molecule is Cc1ccc(C2(C(=O)N3CCOC[C@H](Cc4ccc5ncccc5c4)C3)CCOCC2)cc1. The summed E-state index contributed by atoms with van der Waals surface area (Å²) in [6.45, 7) is 5.96. The number of rotatable bonds is 4. The van der Waals surface area contributed by atoms with E-state index in [9.17, 15) is 4.79 Å². The first kappa shape index (κ1) is 22.1. The van der Waals surface area contributed by atoms with Gasteiger partial charge in [0.05, 0.1) is 24.1 Å². The molecule has 2 saturated heterocycles. The van der Waals surface area contributed by atoms with E-state index >= 15 is 0 Å². The summed E-state index contributed by atoms with van der Waals surface area (Å²) < 4.78 is 11.6. The normalized spacial score (nSPS) is 21.0. The number of carbonyl (C=O) groups excluding carboxylic acids is 1. The van der Waals surface area contributed by atoms with E-state index in [0.717, 1.165) is 42.3 Å². The van der Waals surface area contributed by atoms with Crippen LogP contribution < -0.4 is 0 Å². The summed E-state index contributed by atoms with van der Waals surface area (Å²) in [5.41, 5.74) is 4.09. The van der Waals surface area contributed by atoms with Gasteiger partial charge in [-0.3, -0.25) is 9.78 Å². The lowest BCUT2D eigenvalue weighted by atomic mass is 9.72. The third kappa shape index (κ3) is 4.66. The smallest absolute Gasteiger partial charge is 0.233 e. The van der Waals surface area contributed by atoms with Gasteiger partial charge in [-0.15, -0.1) is 0 Å². The zero-order chi connectivity index (χ0) is 22.7. The number of aromatic nitrogens is 1. The highest BCUT2D eigenvalue weighted by molar-refractivity contribution is 5.88. The fraction of sp³-hybridized carbons (Fsp3) is 0.429. The molecule has 3 heterocycles. The Morgan fingerprint density at radius 3 is 2.70 bits per heavy atom. The van der Waals surface area contributed by atoms with Crippen molar-refractivity contribution in [2.45, 2.75) is 31.6 Å². The summed E-state index contributed by atoms with van der Waals surface area (Å²) in [4.78, 5) is 20.6. The summed E-state index contributed by atoms with van der Waals surface area (Å²) in [7, 11) is 0. The molecule has 5 nitrogen and oxygen atoms in total. The Hall–Kier alpha value is -2.76. The van der Waals surface area contributed by atoms with Crippen LogP contribution in [0.5, 0.6) is 0 Å². The molecule has 2 aliphatic rings. The molecule has 0 N–H and O–H groups in total. The van der Waals surface area contributed by atoms with E-state index in [4.69, 9.17) is 9.47 Å². The van der Waals surface area contributed by atoms with Gasteiger partial charge in [-0.2, -0.15) is 0 Å². The van der Waals surface area contributed by atoms with Gasteiger partial charge in [0.25, 0.3) is 0 Å². The third-order valence-corrected chi connectivity index (χ3v) is 7.18. The molecule has 1 atom stereocenters. The standard InChI is InChI=1S/C28H32N2O3/c1-21-4-7-25(8-5-21)28(10-14-32-15-11-28)27(31)30-13-16-33-20-23(19-30)17-22-6-9-26-24(18-22)3-2-12-29-26/h2-9,12,18,23H,10-11,13-17,19-20H2,1H3/t23-/m1/s1. The highest BCUT2D eigenvalue weighted by Gasteiger charge is 2.44. The number of carbonyl (C=O) groups is 1. The maximum atomic E-state index is 14.1. The molecule has 0 unspecified atom stereocenters. The molecule has 3 aromatic rings. The fourth-order valence-corrected chi connectivity index (χ4v) is 5.29. The lowest BCUT2D eigenvalue weighted by molar-refractivity contribution is -0.141. The maximum Gasteiger partial charge on any atom is 0.233 e. The molecule has 172 valence electrons. The van der Waals surface area contributed by atoms with E-state index in [1.54, 1.807) is 0 Å². The van der Waals surface area contributed by atoms with Crippen molar-refractivity contribution in [2.24, 2.45) is 5.92 Å². The van der Waals surface area contributed by atoms with Crippen LogP contribution in [-0.2, 0) is 26.1 Å². The number of hydrogen-bond donors (Lipinski definition) is 0. The molecular weight excluding hydrogens is 412 g/mol. The molecule has 2 aliphatic heterocycles. The topological polar surface area (TPSA) is 51.7 Å². The van der Waals surface area contributed by atoms with Crippen LogP contribution >= 0.6 is 0 Å². The summed E-state index contributed by atoms with van der Waals surface area (Å²) in [6, 6.07) is 19.0. The van der Waals surface area contributed by atoms with Crippen LogP contribution in [0, 0.1) is 12.8 Å². The second-order valence-electron chi connectivity index (χ2n) is 9.49. The number of amides is 1. The number of ether oxygens (including phenoxy) is 2. The van der Waals surface area contributed by atoms with Gasteiger partial charge in [0.2, 0.25) is 5.91 Å². The van der Waals surface area contributed by atoms with Crippen molar-refractivity contribution in [3.05, 3.63) is 77.5 Å². The van der Waals surface area contributed by atoms with Crippen LogP contribution in [0.3, 0.4) is 0 Å². The monoisotopic (exact) mass is 444 g/mol. The van der Waals surface area contributed by atoms with Gasteiger partial charge < -0.3 is 14.4 Å². The maximum absolute atomic E-state index is 14.1. The first-order chi connectivity index (χ1) is 16.1. The quantitative estimate of drug-likeness (QED) is 0.602. The number of pyridine rings is 1. The summed E-state index contributed by atoms with van der Waals surface area (Å²) in [6.07, 6.45) is 4.17. The van der Waals surface area contributed by atoms with Gasteiger partial charge in [0, 0.05) is 43.8 Å². The van der Waals surface area contributed by atoms with E-state index < -0.39 is 5.41 Å². The van der Waals surface area contributed by atoms with Crippen molar-refractivity contribution >= 4 is 16.8 Å². The van der Waals surface area contributed by atoms with Crippen molar-refractivity contribution in [1.82, 2.24) is 9.88 Å². The minimum atomic E-state index is -0.505. The summed E-state index contributed by atoms with van der Waals surface area (Å²) in [5.74, 6) is 0.494. The van der Waals surface area contributed by atoms with Crippen molar-refractivity contribution in [2.75, 3.05) is 39.5 Å². The number of benzene rings is 2. The van der Waals surface area contributed by atoms with Gasteiger partial charge in [-0.1, -0.05) is 42.0 Å². The fourth-order valence-electron chi connectivity index (χ4n) is 5.29. The van der Waals surface area contributed by atoms with Crippen molar-refractivity contribution in [1.29, 1.82) is 0 Å². The Morgan fingerprint density at radius 2 is 1.88 bits per heavy atom. The van der Waals surface area contributed by atoms with Gasteiger partial charge in [0.15, 0.2) is 0 Å². The number of hydrogen-bond acceptors (Lipinski definition) is 4. The molecule has 2 aromatic carbocycles. The predicted molar refractivity (Wildman–Crippen MR) is 129 cm³/mol. The molecule has 1 aromatic heterocycles. The van der Waals surface area contributed by atoms with Crippen LogP contribution in [0.15, 0.2) is 60.8 Å². The van der Waals surface area contributed by atoms with Gasteiger partial charge in [-0.25, -0.2) is 0 Å². The molecular formula is C28H32N2O3. The van der Waals surface area contributed by atoms with Gasteiger partial charge >= 0.3 is 0 Å². The number of aryl methyl sites for hydroxylation is 1. The van der Waals surface area contributed by atoms with Crippen LogP contribution in [0.2, 0.25) is 0 Å². The molecule has 5 heteroatoms. The molecule has 0 saturated carbocycles. The van der Waals surface area contributed by atoms with E-state index in [0.29, 0.717) is 33.0 Å². The Labute approximate surface area is 195 Å². The molecule has 0 bridgehead atoms. The zero-order valence-electron chi connectivity index (χ0n) is 19.3. The Bertz CT molecular complexity index is 1110. The third-order valence-electron chi connectivity index (χ3n) is 7.18. The Morgan fingerprint density at radius 1 is 1.06 bits per heavy atom. The van der Waals surface area contributed by atoms with E-state index in [1.165, 1.54) is 11.1 Å². The van der Waals surface area contributed by atoms with Gasteiger partial charge in [0.1, 0.15) is 0 Å². The average Bonchev–Trinajstić information content (AvgIpc) is 3.10. The van der Waals surface area contributed by atoms with Crippen LogP contribution in [0.1, 0.15) is 29.5 Å². The second-order valence-corrected chi connectivity index (χ2v) is 9.49. The Kier molecular flexibility index (Phi) is 6.43. The summed E-state index contributed by atoms with van der Waals surface area (Å²) in [5, 5.41) is 1.15. The molecule has 0 spiro atoms. The van der Waals surface area contributed by atoms with Crippen molar-refractivity contribution in [3.63, 3.8) is 0 Å². The molecule has 0 aliphatic carbocycles. The second kappa shape index (κ2) is 9.62. The zero-order valence-corrected chi connectivity index (χ0v) is 19.3. The molecule has 33 heavy (non-hydrogen) atoms.